The summed E-state index contributed by atoms with van der Waals surface area (Å²) in [4.78, 5) is 2.25. The Balaban J connectivity index is 2.54. The van der Waals surface area contributed by atoms with Crippen molar-refractivity contribution in [2.45, 2.75) is 19.4 Å². The molecule has 0 saturated heterocycles. The van der Waals surface area contributed by atoms with Crippen LogP contribution in [-0.4, -0.2) is 25.0 Å². The van der Waals surface area contributed by atoms with Gasteiger partial charge in [0.05, 0.1) is 0 Å². The molecular formula is C12H19ClN2. The van der Waals surface area contributed by atoms with E-state index in [0.29, 0.717) is 0 Å². The van der Waals surface area contributed by atoms with E-state index in [4.69, 9.17) is 17.3 Å². The van der Waals surface area contributed by atoms with E-state index in [1.807, 2.05) is 24.3 Å². The molecule has 1 unspecified atom stereocenters. The fraction of sp³-hybridized carbons (Fsp3) is 0.500. The van der Waals surface area contributed by atoms with Gasteiger partial charge in [0.25, 0.3) is 0 Å². The molecule has 1 aromatic rings. The summed E-state index contributed by atoms with van der Waals surface area (Å²) in [5, 5.41) is 0.768. The van der Waals surface area contributed by atoms with E-state index in [-0.39, 0.29) is 6.04 Å². The topological polar surface area (TPSA) is 29.3 Å². The molecular weight excluding hydrogens is 208 g/mol. The molecule has 0 aliphatic rings. The van der Waals surface area contributed by atoms with Gasteiger partial charge in [-0.3, -0.25) is 0 Å². The van der Waals surface area contributed by atoms with Crippen LogP contribution in [0.15, 0.2) is 24.3 Å². The first-order valence-corrected chi connectivity index (χ1v) is 5.71. The van der Waals surface area contributed by atoms with Gasteiger partial charge in [-0.25, -0.2) is 0 Å². The number of nitrogens with two attached hydrogens (primary N) is 1. The summed E-state index contributed by atoms with van der Waals surface area (Å²) in [7, 11) is 2.10. The third kappa shape index (κ3) is 3.82. The maximum atomic E-state index is 6.09. The van der Waals surface area contributed by atoms with Crippen LogP contribution in [0.4, 0.5) is 0 Å². The zero-order valence-electron chi connectivity index (χ0n) is 9.41. The number of benzene rings is 1. The van der Waals surface area contributed by atoms with Crippen molar-refractivity contribution >= 4 is 11.6 Å². The number of halogens is 1. The van der Waals surface area contributed by atoms with Gasteiger partial charge in [-0.05, 0) is 38.2 Å². The minimum Gasteiger partial charge on any atom is -0.324 e. The van der Waals surface area contributed by atoms with E-state index in [1.165, 1.54) is 0 Å². The zero-order valence-corrected chi connectivity index (χ0v) is 10.2. The molecule has 0 radical (unpaired) electrons. The van der Waals surface area contributed by atoms with E-state index in [9.17, 15) is 0 Å². The zero-order chi connectivity index (χ0) is 11.3. The van der Waals surface area contributed by atoms with E-state index >= 15 is 0 Å². The standard InChI is InChI=1S/C12H19ClN2/c1-3-15(2)9-8-12(14)10-6-4-5-7-11(10)13/h4-7,12H,3,8-9,14H2,1-2H3. The molecule has 0 bridgehead atoms. The van der Waals surface area contributed by atoms with Crippen LogP contribution in [0.25, 0.3) is 0 Å². The summed E-state index contributed by atoms with van der Waals surface area (Å²) in [5.41, 5.74) is 7.13. The van der Waals surface area contributed by atoms with Gasteiger partial charge in [-0.1, -0.05) is 36.7 Å². The second kappa shape index (κ2) is 6.11. The van der Waals surface area contributed by atoms with Gasteiger partial charge in [0.2, 0.25) is 0 Å². The minimum absolute atomic E-state index is 0.0349. The number of hydrogen-bond donors (Lipinski definition) is 1. The van der Waals surface area contributed by atoms with Crippen molar-refractivity contribution in [3.05, 3.63) is 34.9 Å². The summed E-state index contributed by atoms with van der Waals surface area (Å²) in [6, 6.07) is 7.83. The predicted octanol–water partition coefficient (Wildman–Crippen LogP) is 2.68. The number of rotatable bonds is 5. The van der Waals surface area contributed by atoms with Gasteiger partial charge in [0.1, 0.15) is 0 Å². The van der Waals surface area contributed by atoms with Gasteiger partial charge in [0, 0.05) is 11.1 Å². The molecule has 1 aromatic carbocycles. The van der Waals surface area contributed by atoms with E-state index < -0.39 is 0 Å². The molecule has 0 fully saturated rings. The molecule has 0 spiro atoms. The summed E-state index contributed by atoms with van der Waals surface area (Å²) in [6.45, 7) is 4.19. The van der Waals surface area contributed by atoms with Crippen molar-refractivity contribution in [3.8, 4) is 0 Å². The molecule has 0 aliphatic heterocycles. The summed E-state index contributed by atoms with van der Waals surface area (Å²) in [6.07, 6.45) is 0.939. The smallest absolute Gasteiger partial charge is 0.0453 e. The molecule has 3 heteroatoms. The molecule has 0 saturated carbocycles. The number of nitrogens with zero attached hydrogens (tertiary/aromatic N) is 1. The van der Waals surface area contributed by atoms with Gasteiger partial charge in [0.15, 0.2) is 0 Å². The first-order chi connectivity index (χ1) is 7.15. The Morgan fingerprint density at radius 1 is 1.40 bits per heavy atom. The van der Waals surface area contributed by atoms with Crippen molar-refractivity contribution < 1.29 is 0 Å². The Morgan fingerprint density at radius 3 is 2.67 bits per heavy atom. The summed E-state index contributed by atoms with van der Waals surface area (Å²) in [5.74, 6) is 0. The SMILES string of the molecule is CCN(C)CCC(N)c1ccccc1Cl. The molecule has 2 N–H and O–H groups in total. The van der Waals surface area contributed by atoms with Crippen molar-refractivity contribution in [1.29, 1.82) is 0 Å². The van der Waals surface area contributed by atoms with Crippen molar-refractivity contribution in [2.24, 2.45) is 5.73 Å². The molecule has 0 aromatic heterocycles. The van der Waals surface area contributed by atoms with Crippen LogP contribution in [0, 0.1) is 0 Å². The lowest BCUT2D eigenvalue weighted by Crippen LogP contribution is -2.23. The molecule has 15 heavy (non-hydrogen) atoms. The van der Waals surface area contributed by atoms with Crippen LogP contribution in [0.2, 0.25) is 5.02 Å². The van der Waals surface area contributed by atoms with Crippen LogP contribution < -0.4 is 5.73 Å². The first kappa shape index (κ1) is 12.5. The second-order valence-corrected chi connectivity index (χ2v) is 4.22. The Morgan fingerprint density at radius 2 is 2.07 bits per heavy atom. The molecule has 0 heterocycles. The average Bonchev–Trinajstić information content (AvgIpc) is 2.26. The molecule has 1 atom stereocenters. The Labute approximate surface area is 97.0 Å². The van der Waals surface area contributed by atoms with Crippen LogP contribution in [0.3, 0.4) is 0 Å². The van der Waals surface area contributed by atoms with Crippen molar-refractivity contribution in [1.82, 2.24) is 4.90 Å². The number of hydrogen-bond acceptors (Lipinski definition) is 2. The Hall–Kier alpha value is -0.570. The third-order valence-corrected chi connectivity index (χ3v) is 3.01. The quantitative estimate of drug-likeness (QED) is 0.837. The maximum absolute atomic E-state index is 6.09. The van der Waals surface area contributed by atoms with Crippen molar-refractivity contribution in [3.63, 3.8) is 0 Å². The maximum Gasteiger partial charge on any atom is 0.0453 e. The van der Waals surface area contributed by atoms with E-state index in [2.05, 4.69) is 18.9 Å². The predicted molar refractivity (Wildman–Crippen MR) is 66.2 cm³/mol. The molecule has 0 aliphatic carbocycles. The molecule has 1 rings (SSSR count). The lowest BCUT2D eigenvalue weighted by molar-refractivity contribution is 0.335. The molecule has 84 valence electrons. The van der Waals surface area contributed by atoms with Gasteiger partial charge < -0.3 is 10.6 Å². The lowest BCUT2D eigenvalue weighted by Gasteiger charge is -2.18. The highest BCUT2D eigenvalue weighted by atomic mass is 35.5. The van der Waals surface area contributed by atoms with Crippen LogP contribution >= 0.6 is 11.6 Å². The Kier molecular flexibility index (Phi) is 5.09. The monoisotopic (exact) mass is 226 g/mol. The Bertz CT molecular complexity index is 301. The highest BCUT2D eigenvalue weighted by molar-refractivity contribution is 6.31. The largest absolute Gasteiger partial charge is 0.324 e. The fourth-order valence-electron chi connectivity index (χ4n) is 1.45. The van der Waals surface area contributed by atoms with Crippen molar-refractivity contribution in [2.75, 3.05) is 20.1 Å². The van der Waals surface area contributed by atoms with Gasteiger partial charge in [-0.15, -0.1) is 0 Å². The van der Waals surface area contributed by atoms with Crippen LogP contribution in [0.5, 0.6) is 0 Å². The van der Waals surface area contributed by atoms with E-state index in [1.54, 1.807) is 0 Å². The van der Waals surface area contributed by atoms with E-state index in [0.717, 1.165) is 30.1 Å². The summed E-state index contributed by atoms with van der Waals surface area (Å²) >= 11 is 6.07. The molecule has 0 amide bonds. The third-order valence-electron chi connectivity index (χ3n) is 2.67. The molecule has 2 nitrogen and oxygen atoms in total. The normalized spacial score (nSPS) is 13.1. The fourth-order valence-corrected chi connectivity index (χ4v) is 1.72. The van der Waals surface area contributed by atoms with Gasteiger partial charge in [-0.2, -0.15) is 0 Å². The average molecular weight is 227 g/mol. The first-order valence-electron chi connectivity index (χ1n) is 5.33. The van der Waals surface area contributed by atoms with Crippen LogP contribution in [-0.2, 0) is 0 Å². The second-order valence-electron chi connectivity index (χ2n) is 3.81. The highest BCUT2D eigenvalue weighted by Gasteiger charge is 2.09. The van der Waals surface area contributed by atoms with Crippen LogP contribution in [0.1, 0.15) is 24.9 Å². The van der Waals surface area contributed by atoms with Gasteiger partial charge >= 0.3 is 0 Å². The lowest BCUT2D eigenvalue weighted by atomic mass is 10.0. The summed E-state index contributed by atoms with van der Waals surface area (Å²) < 4.78 is 0. The highest BCUT2D eigenvalue weighted by Crippen LogP contribution is 2.22. The minimum atomic E-state index is 0.0349.